The number of methoxy groups -OCH3 is 2. The molecule has 0 saturated carbocycles. The normalized spacial score (nSPS) is 17.8. The highest BCUT2D eigenvalue weighted by molar-refractivity contribution is 5.72. The molecule has 0 aliphatic carbocycles. The molecule has 0 radical (unpaired) electrons. The number of hydrogen-bond acceptors (Lipinski definition) is 6. The smallest absolute Gasteiger partial charge is 0.411 e. The van der Waals surface area contributed by atoms with E-state index in [1.54, 1.807) is 12.0 Å². The molecule has 4 rings (SSSR count). The largest absolute Gasteiger partial charge is 0.497 e. The van der Waals surface area contributed by atoms with Crippen molar-refractivity contribution in [2.45, 2.75) is 50.9 Å². The third-order valence-corrected chi connectivity index (χ3v) is 7.38. The van der Waals surface area contributed by atoms with Gasteiger partial charge in [-0.05, 0) is 54.2 Å². The van der Waals surface area contributed by atoms with E-state index < -0.39 is 5.60 Å². The molecule has 7 heteroatoms. The Morgan fingerprint density at radius 1 is 0.974 bits per heavy atom. The van der Waals surface area contributed by atoms with Crippen LogP contribution in [0, 0.1) is 0 Å². The average molecular weight is 532 g/mol. The van der Waals surface area contributed by atoms with Crippen LogP contribution in [0.15, 0.2) is 78.9 Å². The number of esters is 1. The van der Waals surface area contributed by atoms with E-state index in [0.717, 1.165) is 34.4 Å². The van der Waals surface area contributed by atoms with Crippen molar-refractivity contribution in [1.29, 1.82) is 0 Å². The summed E-state index contributed by atoms with van der Waals surface area (Å²) < 4.78 is 22.1. The molecular formula is C32H37NO6. The maximum atomic E-state index is 13.4. The number of benzene rings is 3. The number of hydrogen-bond donors (Lipinski definition) is 0. The van der Waals surface area contributed by atoms with E-state index in [1.807, 2.05) is 85.8 Å². The van der Waals surface area contributed by atoms with Crippen molar-refractivity contribution >= 4 is 12.1 Å². The van der Waals surface area contributed by atoms with E-state index in [-0.39, 0.29) is 24.5 Å². The second-order valence-corrected chi connectivity index (χ2v) is 9.85. The molecule has 7 nitrogen and oxygen atoms in total. The van der Waals surface area contributed by atoms with E-state index in [0.29, 0.717) is 32.6 Å². The first kappa shape index (κ1) is 28.2. The molecular weight excluding hydrogens is 494 g/mol. The molecule has 206 valence electrons. The second kappa shape index (κ2) is 13.3. The van der Waals surface area contributed by atoms with E-state index in [9.17, 15) is 9.59 Å². The second-order valence-electron chi connectivity index (χ2n) is 9.85. The fraction of sp³-hybridized carbons (Fsp3) is 0.375. The first-order valence-corrected chi connectivity index (χ1v) is 13.4. The monoisotopic (exact) mass is 531 g/mol. The van der Waals surface area contributed by atoms with Gasteiger partial charge in [-0.15, -0.1) is 0 Å². The van der Waals surface area contributed by atoms with E-state index in [2.05, 4.69) is 0 Å². The van der Waals surface area contributed by atoms with Gasteiger partial charge in [-0.2, -0.15) is 0 Å². The zero-order valence-corrected chi connectivity index (χ0v) is 22.9. The van der Waals surface area contributed by atoms with E-state index in [1.165, 1.54) is 7.11 Å². The Hall–Kier alpha value is -3.84. The van der Waals surface area contributed by atoms with Gasteiger partial charge < -0.3 is 23.8 Å². The van der Waals surface area contributed by atoms with Crippen molar-refractivity contribution in [3.8, 4) is 5.75 Å². The zero-order valence-electron chi connectivity index (χ0n) is 22.9. The number of carbonyl (C=O) groups excluding carboxylic acids is 2. The molecule has 0 unspecified atom stereocenters. The van der Waals surface area contributed by atoms with Crippen LogP contribution in [-0.2, 0) is 37.6 Å². The molecule has 1 heterocycles. The van der Waals surface area contributed by atoms with Crippen molar-refractivity contribution in [2.75, 3.05) is 27.4 Å². The van der Waals surface area contributed by atoms with Crippen molar-refractivity contribution in [3.63, 3.8) is 0 Å². The summed E-state index contributed by atoms with van der Waals surface area (Å²) in [6, 6.07) is 25.4. The summed E-state index contributed by atoms with van der Waals surface area (Å²) in [6.45, 7) is 3.66. The van der Waals surface area contributed by atoms with Gasteiger partial charge in [0.2, 0.25) is 0 Å². The molecule has 1 fully saturated rings. The summed E-state index contributed by atoms with van der Waals surface area (Å²) in [5.41, 5.74) is 3.26. The Balaban J connectivity index is 1.37. The zero-order chi connectivity index (χ0) is 27.7. The number of carbonyl (C=O) groups is 2. The topological polar surface area (TPSA) is 74.3 Å². The van der Waals surface area contributed by atoms with Crippen LogP contribution < -0.4 is 4.74 Å². The third-order valence-electron chi connectivity index (χ3n) is 7.38. The number of nitrogens with zero attached hydrogens (tertiary/aromatic N) is 1. The molecule has 3 aromatic carbocycles. The fourth-order valence-corrected chi connectivity index (χ4v) is 4.99. The van der Waals surface area contributed by atoms with Gasteiger partial charge in [0.15, 0.2) is 0 Å². The minimum Gasteiger partial charge on any atom is -0.497 e. The molecule has 0 aromatic heterocycles. The third kappa shape index (κ3) is 7.18. The van der Waals surface area contributed by atoms with Gasteiger partial charge in [0.25, 0.3) is 0 Å². The molecule has 1 aliphatic heterocycles. The van der Waals surface area contributed by atoms with Crippen molar-refractivity contribution in [1.82, 2.24) is 4.90 Å². The molecule has 3 aromatic rings. The molecule has 1 amide bonds. The van der Waals surface area contributed by atoms with Crippen LogP contribution in [0.3, 0.4) is 0 Å². The van der Waals surface area contributed by atoms with Crippen LogP contribution in [-0.4, -0.2) is 44.3 Å². The lowest BCUT2D eigenvalue weighted by molar-refractivity contribution is -0.139. The molecule has 0 spiro atoms. The van der Waals surface area contributed by atoms with Crippen LogP contribution in [0.4, 0.5) is 4.79 Å². The average Bonchev–Trinajstić information content (AvgIpc) is 2.98. The highest BCUT2D eigenvalue weighted by atomic mass is 16.6. The lowest BCUT2D eigenvalue weighted by Crippen LogP contribution is -2.48. The number of rotatable bonds is 12. The van der Waals surface area contributed by atoms with E-state index >= 15 is 0 Å². The Morgan fingerprint density at radius 2 is 1.67 bits per heavy atom. The Morgan fingerprint density at radius 3 is 2.31 bits per heavy atom. The quantitative estimate of drug-likeness (QED) is 0.204. The summed E-state index contributed by atoms with van der Waals surface area (Å²) in [7, 11) is 3.03. The van der Waals surface area contributed by atoms with Crippen molar-refractivity contribution in [3.05, 3.63) is 101 Å². The fourth-order valence-electron chi connectivity index (χ4n) is 4.99. The van der Waals surface area contributed by atoms with Gasteiger partial charge in [-0.25, -0.2) is 4.79 Å². The molecule has 0 bridgehead atoms. The van der Waals surface area contributed by atoms with Crippen LogP contribution in [0.2, 0.25) is 0 Å². The van der Waals surface area contributed by atoms with Gasteiger partial charge in [0.05, 0.1) is 33.3 Å². The molecule has 1 aliphatic rings. The van der Waals surface area contributed by atoms with Gasteiger partial charge in [0, 0.05) is 19.6 Å². The first-order chi connectivity index (χ1) is 18.9. The van der Waals surface area contributed by atoms with Gasteiger partial charge in [0.1, 0.15) is 11.4 Å². The SMILES string of the molecule is COC(=O)Cc1ccc([C@H](C)N2CC[C@](CCCOCc3ccc(OC)cc3)(c3ccccc3)OC2=O)cc1. The van der Waals surface area contributed by atoms with Gasteiger partial charge in [-0.1, -0.05) is 66.7 Å². The Labute approximate surface area is 230 Å². The summed E-state index contributed by atoms with van der Waals surface area (Å²) in [6.07, 6.45) is 2.02. The summed E-state index contributed by atoms with van der Waals surface area (Å²) in [4.78, 5) is 26.7. The minimum absolute atomic E-state index is 0.161. The van der Waals surface area contributed by atoms with Gasteiger partial charge >= 0.3 is 12.1 Å². The van der Waals surface area contributed by atoms with Crippen LogP contribution in [0.5, 0.6) is 5.75 Å². The lowest BCUT2D eigenvalue weighted by Gasteiger charge is -2.43. The number of amides is 1. The van der Waals surface area contributed by atoms with Crippen LogP contribution in [0.1, 0.15) is 54.5 Å². The molecule has 1 saturated heterocycles. The van der Waals surface area contributed by atoms with Crippen molar-refractivity contribution < 1.29 is 28.5 Å². The van der Waals surface area contributed by atoms with Gasteiger partial charge in [-0.3, -0.25) is 4.79 Å². The summed E-state index contributed by atoms with van der Waals surface area (Å²) in [5, 5.41) is 0. The first-order valence-electron chi connectivity index (χ1n) is 13.4. The van der Waals surface area contributed by atoms with Crippen molar-refractivity contribution in [2.24, 2.45) is 0 Å². The highest BCUT2D eigenvalue weighted by Crippen LogP contribution is 2.40. The maximum Gasteiger partial charge on any atom is 0.411 e. The number of ether oxygens (including phenoxy) is 4. The Kier molecular flexibility index (Phi) is 9.60. The lowest BCUT2D eigenvalue weighted by atomic mass is 9.84. The predicted molar refractivity (Wildman–Crippen MR) is 148 cm³/mol. The molecule has 0 N–H and O–H groups in total. The minimum atomic E-state index is -0.692. The predicted octanol–water partition coefficient (Wildman–Crippen LogP) is 6.21. The molecule has 39 heavy (non-hydrogen) atoms. The summed E-state index contributed by atoms with van der Waals surface area (Å²) in [5.74, 6) is 0.542. The molecule has 2 atom stereocenters. The summed E-state index contributed by atoms with van der Waals surface area (Å²) >= 11 is 0. The maximum absolute atomic E-state index is 13.4. The Bertz CT molecular complexity index is 1210. The van der Waals surface area contributed by atoms with Crippen LogP contribution >= 0.6 is 0 Å². The van der Waals surface area contributed by atoms with Crippen LogP contribution in [0.25, 0.3) is 0 Å². The standard InChI is InChI=1S/C32H37NO6/c1-24(27-14-10-25(11-15-27)22-30(34)37-3)33-20-19-32(39-31(33)35,28-8-5-4-6-9-28)18-7-21-38-23-26-12-16-29(36-2)17-13-26/h4-6,8-17,24H,7,18-23H2,1-3H3/t24-,32+/m0/s1. The number of cyclic esters (lactones) is 1. The van der Waals surface area contributed by atoms with E-state index in [4.69, 9.17) is 18.9 Å². The highest BCUT2D eigenvalue weighted by Gasteiger charge is 2.43.